The predicted molar refractivity (Wildman–Crippen MR) is 82.5 cm³/mol. The molecule has 2 aromatic heterocycles. The van der Waals surface area contributed by atoms with Crippen molar-refractivity contribution >= 4 is 33.2 Å². The molecule has 3 nitrogen and oxygen atoms in total. The lowest BCUT2D eigenvalue weighted by molar-refractivity contribution is 0.463. The molecule has 19 heavy (non-hydrogen) atoms. The van der Waals surface area contributed by atoms with Gasteiger partial charge in [0.15, 0.2) is 0 Å². The minimum absolute atomic E-state index is 0.0879. The molecule has 5 heteroatoms. The minimum atomic E-state index is 0.0879. The zero-order valence-corrected chi connectivity index (χ0v) is 13.1. The van der Waals surface area contributed by atoms with Gasteiger partial charge in [0.25, 0.3) is 5.56 Å². The van der Waals surface area contributed by atoms with E-state index < -0.39 is 0 Å². The van der Waals surface area contributed by atoms with E-state index in [1.54, 1.807) is 22.2 Å². The number of rotatable bonds is 5. The normalized spacial score (nSPS) is 13.1. The number of nitrogens with zero attached hydrogens (tertiary/aromatic N) is 2. The lowest BCUT2D eigenvalue weighted by Gasteiger charge is -2.10. The fourth-order valence-corrected chi connectivity index (χ4v) is 3.48. The molecule has 0 aliphatic carbocycles. The van der Waals surface area contributed by atoms with E-state index in [1.165, 1.54) is 4.88 Å². The summed E-state index contributed by atoms with van der Waals surface area (Å²) in [6, 6.07) is 0. The first-order valence-corrected chi connectivity index (χ1v) is 7.90. The number of halogens is 1. The molecular weight excluding hydrogens is 280 g/mol. The van der Waals surface area contributed by atoms with Crippen LogP contribution in [0.4, 0.5) is 0 Å². The Kier molecular flexibility index (Phi) is 4.63. The second-order valence-corrected chi connectivity index (χ2v) is 6.66. The maximum atomic E-state index is 12.4. The molecule has 104 valence electrons. The Bertz CT molecular complexity index is 632. The van der Waals surface area contributed by atoms with Crippen molar-refractivity contribution in [3.05, 3.63) is 27.1 Å². The smallest absolute Gasteiger partial charge is 0.262 e. The van der Waals surface area contributed by atoms with Crippen LogP contribution in [-0.2, 0) is 6.54 Å². The minimum Gasteiger partial charge on any atom is -0.299 e. The summed E-state index contributed by atoms with van der Waals surface area (Å²) in [6.45, 7) is 6.92. The van der Waals surface area contributed by atoms with Gasteiger partial charge in [-0.05, 0) is 38.2 Å². The Hall–Kier alpha value is -0.870. The van der Waals surface area contributed by atoms with Crippen LogP contribution >= 0.6 is 22.9 Å². The van der Waals surface area contributed by atoms with Gasteiger partial charge in [-0.1, -0.05) is 6.92 Å². The van der Waals surface area contributed by atoms with E-state index in [9.17, 15) is 4.79 Å². The highest BCUT2D eigenvalue weighted by Crippen LogP contribution is 2.25. The Balaban J connectivity index is 2.28. The van der Waals surface area contributed by atoms with E-state index in [-0.39, 0.29) is 5.56 Å². The van der Waals surface area contributed by atoms with E-state index >= 15 is 0 Å². The van der Waals surface area contributed by atoms with Crippen molar-refractivity contribution in [1.82, 2.24) is 9.55 Å². The van der Waals surface area contributed by atoms with Crippen LogP contribution in [0.2, 0.25) is 0 Å². The van der Waals surface area contributed by atoms with Gasteiger partial charge in [-0.3, -0.25) is 9.36 Å². The third-order valence-electron chi connectivity index (χ3n) is 3.62. The maximum Gasteiger partial charge on any atom is 0.262 e. The molecular formula is C14H19ClN2OS. The Morgan fingerprint density at radius 1 is 1.42 bits per heavy atom. The number of aryl methyl sites for hydroxylation is 3. The van der Waals surface area contributed by atoms with Gasteiger partial charge in [0, 0.05) is 17.3 Å². The summed E-state index contributed by atoms with van der Waals surface area (Å²) in [7, 11) is 0. The number of aromatic nitrogens is 2. The van der Waals surface area contributed by atoms with Crippen LogP contribution in [0.1, 0.15) is 30.2 Å². The van der Waals surface area contributed by atoms with Crippen LogP contribution in [-0.4, -0.2) is 15.4 Å². The number of fused-ring (bicyclic) bond motifs is 1. The van der Waals surface area contributed by atoms with Gasteiger partial charge >= 0.3 is 0 Å². The third-order valence-corrected chi connectivity index (χ3v) is 4.95. The molecule has 0 spiro atoms. The molecule has 2 aromatic rings. The summed E-state index contributed by atoms with van der Waals surface area (Å²) in [4.78, 5) is 18.9. The molecule has 0 aliphatic heterocycles. The molecule has 0 fully saturated rings. The summed E-state index contributed by atoms with van der Waals surface area (Å²) in [5, 5.41) is 0.787. The van der Waals surface area contributed by atoms with Gasteiger partial charge in [-0.2, -0.15) is 0 Å². The zero-order valence-electron chi connectivity index (χ0n) is 11.6. The van der Waals surface area contributed by atoms with Crippen LogP contribution in [0.5, 0.6) is 0 Å². The van der Waals surface area contributed by atoms with Crippen molar-refractivity contribution in [3.63, 3.8) is 0 Å². The van der Waals surface area contributed by atoms with E-state index in [4.69, 9.17) is 11.6 Å². The fourth-order valence-electron chi connectivity index (χ4n) is 2.12. The second kappa shape index (κ2) is 6.06. The first-order valence-electron chi connectivity index (χ1n) is 6.55. The highest BCUT2D eigenvalue weighted by molar-refractivity contribution is 7.18. The van der Waals surface area contributed by atoms with Gasteiger partial charge in [0.2, 0.25) is 0 Å². The average molecular weight is 299 g/mol. The summed E-state index contributed by atoms with van der Waals surface area (Å²) in [5.74, 6) is 1.21. The van der Waals surface area contributed by atoms with Crippen LogP contribution in [0, 0.1) is 19.8 Å². The number of alkyl halides is 1. The van der Waals surface area contributed by atoms with E-state index in [1.807, 2.05) is 13.8 Å². The average Bonchev–Trinajstić information content (AvgIpc) is 2.65. The Morgan fingerprint density at radius 2 is 2.16 bits per heavy atom. The van der Waals surface area contributed by atoms with Gasteiger partial charge in [-0.15, -0.1) is 22.9 Å². The largest absolute Gasteiger partial charge is 0.299 e. The van der Waals surface area contributed by atoms with E-state index in [0.717, 1.165) is 28.6 Å². The van der Waals surface area contributed by atoms with Crippen LogP contribution in [0.15, 0.2) is 11.1 Å². The Labute approximate surface area is 122 Å². The molecule has 2 heterocycles. The van der Waals surface area contributed by atoms with E-state index in [0.29, 0.717) is 18.3 Å². The van der Waals surface area contributed by atoms with Crippen molar-refractivity contribution in [3.8, 4) is 0 Å². The first kappa shape index (κ1) is 14.5. The standard InChI is InChI=1S/C14H19ClN2OS/c1-9(4-6-15)5-7-17-8-16-13-12(14(17)18)10(2)11(3)19-13/h8-9H,4-7H2,1-3H3. The zero-order chi connectivity index (χ0) is 14.0. The molecule has 0 bridgehead atoms. The lowest BCUT2D eigenvalue weighted by Crippen LogP contribution is -2.21. The van der Waals surface area contributed by atoms with Crippen molar-refractivity contribution in [2.45, 2.75) is 40.2 Å². The highest BCUT2D eigenvalue weighted by Gasteiger charge is 2.12. The quantitative estimate of drug-likeness (QED) is 0.788. The monoisotopic (exact) mass is 298 g/mol. The molecule has 0 radical (unpaired) electrons. The molecule has 1 unspecified atom stereocenters. The summed E-state index contributed by atoms with van der Waals surface area (Å²) >= 11 is 7.32. The van der Waals surface area contributed by atoms with Crippen molar-refractivity contribution in [2.75, 3.05) is 5.88 Å². The van der Waals surface area contributed by atoms with Crippen LogP contribution < -0.4 is 5.56 Å². The third kappa shape index (κ3) is 3.00. The maximum absolute atomic E-state index is 12.4. The SMILES string of the molecule is Cc1sc2ncn(CCC(C)CCCl)c(=O)c2c1C. The Morgan fingerprint density at radius 3 is 2.84 bits per heavy atom. The number of thiophene rings is 1. The molecule has 0 N–H and O–H groups in total. The second-order valence-electron chi connectivity index (χ2n) is 5.08. The summed E-state index contributed by atoms with van der Waals surface area (Å²) in [5.41, 5.74) is 1.16. The van der Waals surface area contributed by atoms with Gasteiger partial charge < -0.3 is 0 Å². The number of hydrogen-bond acceptors (Lipinski definition) is 3. The molecule has 0 aromatic carbocycles. The molecule has 2 rings (SSSR count). The first-order chi connectivity index (χ1) is 9.04. The fraction of sp³-hybridized carbons (Fsp3) is 0.571. The summed E-state index contributed by atoms with van der Waals surface area (Å²) in [6.07, 6.45) is 3.62. The van der Waals surface area contributed by atoms with Crippen molar-refractivity contribution in [2.24, 2.45) is 5.92 Å². The van der Waals surface area contributed by atoms with Gasteiger partial charge in [0.1, 0.15) is 4.83 Å². The molecule has 0 saturated carbocycles. The molecule has 1 atom stereocenters. The van der Waals surface area contributed by atoms with Crippen molar-refractivity contribution < 1.29 is 0 Å². The van der Waals surface area contributed by atoms with Crippen molar-refractivity contribution in [1.29, 1.82) is 0 Å². The van der Waals surface area contributed by atoms with Crippen LogP contribution in [0.25, 0.3) is 10.2 Å². The number of hydrogen-bond donors (Lipinski definition) is 0. The summed E-state index contributed by atoms with van der Waals surface area (Å²) < 4.78 is 1.73. The molecule has 0 saturated heterocycles. The van der Waals surface area contributed by atoms with E-state index in [2.05, 4.69) is 11.9 Å². The predicted octanol–water partition coefficient (Wildman–Crippen LogP) is 3.73. The molecule has 0 aliphatic rings. The molecule has 0 amide bonds. The van der Waals surface area contributed by atoms with Crippen LogP contribution in [0.3, 0.4) is 0 Å². The lowest BCUT2D eigenvalue weighted by atomic mass is 10.1. The highest BCUT2D eigenvalue weighted by atomic mass is 35.5. The van der Waals surface area contributed by atoms with Gasteiger partial charge in [-0.25, -0.2) is 4.98 Å². The topological polar surface area (TPSA) is 34.9 Å². The van der Waals surface area contributed by atoms with Gasteiger partial charge in [0.05, 0.1) is 11.7 Å².